The van der Waals surface area contributed by atoms with E-state index >= 15 is 0 Å². The van der Waals surface area contributed by atoms with Crippen molar-refractivity contribution in [2.24, 2.45) is 12.8 Å². The van der Waals surface area contributed by atoms with Crippen molar-refractivity contribution < 1.29 is 8.42 Å². The second-order valence-corrected chi connectivity index (χ2v) is 6.14. The molecule has 6 nitrogen and oxygen atoms in total. The van der Waals surface area contributed by atoms with Crippen molar-refractivity contribution in [3.05, 3.63) is 47.8 Å². The lowest BCUT2D eigenvalue weighted by molar-refractivity contribution is 0.578. The fraction of sp³-hybridized carbons (Fsp3) is 0.308. The number of hydrogen-bond donors (Lipinski definition) is 2. The zero-order valence-corrected chi connectivity index (χ0v) is 12.1. The Kier molecular flexibility index (Phi) is 4.53. The lowest BCUT2D eigenvalue weighted by atomic mass is 10.2. The summed E-state index contributed by atoms with van der Waals surface area (Å²) in [5.41, 5.74) is 7.15. The standard InChI is InChI=1S/C13H18N4O2S/c1-17-12(6-8-15-17)7-9-16-20(18,19)13-5-3-2-4-11(13)10-14/h2-6,8,16H,7,9-10,14H2,1H3. The minimum Gasteiger partial charge on any atom is -0.326 e. The van der Waals surface area contributed by atoms with Crippen LogP contribution in [-0.2, 0) is 30.0 Å². The summed E-state index contributed by atoms with van der Waals surface area (Å²) in [6, 6.07) is 8.61. The van der Waals surface area contributed by atoms with Gasteiger partial charge in [0.25, 0.3) is 0 Å². The average molecular weight is 294 g/mol. The molecule has 0 aliphatic rings. The van der Waals surface area contributed by atoms with E-state index in [1.165, 1.54) is 0 Å². The summed E-state index contributed by atoms with van der Waals surface area (Å²) in [6.07, 6.45) is 2.27. The van der Waals surface area contributed by atoms with Crippen LogP contribution in [0.4, 0.5) is 0 Å². The van der Waals surface area contributed by atoms with Crippen molar-refractivity contribution in [3.63, 3.8) is 0 Å². The first-order chi connectivity index (χ1) is 9.54. The number of sulfonamides is 1. The first-order valence-electron chi connectivity index (χ1n) is 6.29. The van der Waals surface area contributed by atoms with Crippen molar-refractivity contribution in [2.75, 3.05) is 6.54 Å². The monoisotopic (exact) mass is 294 g/mol. The summed E-state index contributed by atoms with van der Waals surface area (Å²) in [5, 5.41) is 4.04. The van der Waals surface area contributed by atoms with Gasteiger partial charge in [-0.05, 0) is 17.7 Å². The van der Waals surface area contributed by atoms with Crippen molar-refractivity contribution in [3.8, 4) is 0 Å². The molecule has 2 rings (SSSR count). The molecular weight excluding hydrogens is 276 g/mol. The summed E-state index contributed by atoms with van der Waals surface area (Å²) in [6.45, 7) is 0.513. The van der Waals surface area contributed by atoms with Gasteiger partial charge < -0.3 is 5.73 Å². The molecule has 0 fully saturated rings. The first-order valence-corrected chi connectivity index (χ1v) is 7.77. The van der Waals surface area contributed by atoms with Crippen LogP contribution in [0.15, 0.2) is 41.4 Å². The van der Waals surface area contributed by atoms with Crippen LogP contribution < -0.4 is 10.5 Å². The van der Waals surface area contributed by atoms with Crippen LogP contribution in [0.3, 0.4) is 0 Å². The Balaban J connectivity index is 2.06. The predicted molar refractivity (Wildman–Crippen MR) is 76.4 cm³/mol. The molecule has 0 aliphatic carbocycles. The molecule has 20 heavy (non-hydrogen) atoms. The van der Waals surface area contributed by atoms with Gasteiger partial charge in [0.2, 0.25) is 10.0 Å². The van der Waals surface area contributed by atoms with E-state index in [0.717, 1.165) is 5.69 Å². The molecule has 1 aromatic heterocycles. The highest BCUT2D eigenvalue weighted by Gasteiger charge is 2.16. The quantitative estimate of drug-likeness (QED) is 0.807. The molecule has 0 radical (unpaired) electrons. The third-order valence-corrected chi connectivity index (χ3v) is 4.64. The van der Waals surface area contributed by atoms with E-state index in [2.05, 4.69) is 9.82 Å². The van der Waals surface area contributed by atoms with Crippen LogP contribution >= 0.6 is 0 Å². The maximum atomic E-state index is 12.2. The number of rotatable bonds is 6. The van der Waals surface area contributed by atoms with Gasteiger partial charge in [0.05, 0.1) is 4.90 Å². The van der Waals surface area contributed by atoms with Gasteiger partial charge in [-0.25, -0.2) is 13.1 Å². The third kappa shape index (κ3) is 3.24. The van der Waals surface area contributed by atoms with Gasteiger partial charge >= 0.3 is 0 Å². The molecule has 0 amide bonds. The van der Waals surface area contributed by atoms with E-state index in [1.807, 2.05) is 13.1 Å². The van der Waals surface area contributed by atoms with E-state index < -0.39 is 10.0 Å². The molecule has 0 saturated carbocycles. The number of nitrogens with zero attached hydrogens (tertiary/aromatic N) is 2. The number of hydrogen-bond acceptors (Lipinski definition) is 4. The van der Waals surface area contributed by atoms with Gasteiger partial charge in [0.1, 0.15) is 0 Å². The number of aryl methyl sites for hydroxylation is 1. The Morgan fingerprint density at radius 2 is 2.05 bits per heavy atom. The Bertz CT molecular complexity index is 679. The maximum absolute atomic E-state index is 12.2. The van der Waals surface area contributed by atoms with Gasteiger partial charge in [-0.1, -0.05) is 18.2 Å². The molecule has 3 N–H and O–H groups in total. The normalized spacial score (nSPS) is 11.7. The van der Waals surface area contributed by atoms with Crippen LogP contribution in [0.2, 0.25) is 0 Å². The summed E-state index contributed by atoms with van der Waals surface area (Å²) in [5.74, 6) is 0. The lowest BCUT2D eigenvalue weighted by Gasteiger charge is -2.10. The fourth-order valence-electron chi connectivity index (χ4n) is 1.97. The van der Waals surface area contributed by atoms with Gasteiger partial charge in [-0.2, -0.15) is 5.10 Å². The second-order valence-electron chi connectivity index (χ2n) is 4.41. The van der Waals surface area contributed by atoms with Gasteiger partial charge in [0.15, 0.2) is 0 Å². The Morgan fingerprint density at radius 3 is 2.70 bits per heavy atom. The molecule has 0 spiro atoms. The topological polar surface area (TPSA) is 90.0 Å². The minimum absolute atomic E-state index is 0.193. The Hall–Kier alpha value is -1.70. The second kappa shape index (κ2) is 6.17. The van der Waals surface area contributed by atoms with E-state index in [9.17, 15) is 8.42 Å². The van der Waals surface area contributed by atoms with Crippen molar-refractivity contribution >= 4 is 10.0 Å². The molecule has 1 aromatic carbocycles. The molecule has 7 heteroatoms. The molecule has 0 unspecified atom stereocenters. The van der Waals surface area contributed by atoms with Gasteiger partial charge in [-0.15, -0.1) is 0 Å². The lowest BCUT2D eigenvalue weighted by Crippen LogP contribution is -2.27. The smallest absolute Gasteiger partial charge is 0.240 e. The number of nitrogens with two attached hydrogens (primary N) is 1. The molecule has 0 atom stereocenters. The highest BCUT2D eigenvalue weighted by atomic mass is 32.2. The largest absolute Gasteiger partial charge is 0.326 e. The zero-order chi connectivity index (χ0) is 14.6. The van der Waals surface area contributed by atoms with Crippen molar-refractivity contribution in [1.82, 2.24) is 14.5 Å². The molecule has 0 bridgehead atoms. The van der Waals surface area contributed by atoms with Crippen molar-refractivity contribution in [1.29, 1.82) is 0 Å². The molecule has 0 saturated heterocycles. The summed E-state index contributed by atoms with van der Waals surface area (Å²) < 4.78 is 28.8. The van der Waals surface area contributed by atoms with E-state index in [-0.39, 0.29) is 11.4 Å². The predicted octanol–water partition coefficient (Wildman–Crippen LogP) is 0.400. The highest BCUT2D eigenvalue weighted by Crippen LogP contribution is 2.14. The summed E-state index contributed by atoms with van der Waals surface area (Å²) in [7, 11) is -1.70. The van der Waals surface area contributed by atoms with Gasteiger partial charge in [0, 0.05) is 38.4 Å². The summed E-state index contributed by atoms with van der Waals surface area (Å²) >= 11 is 0. The molecular formula is C13H18N4O2S. The number of benzene rings is 1. The molecule has 0 aliphatic heterocycles. The Labute approximate surface area is 118 Å². The average Bonchev–Trinajstić information content (AvgIpc) is 2.84. The molecule has 108 valence electrons. The Morgan fingerprint density at radius 1 is 1.30 bits per heavy atom. The van der Waals surface area contributed by atoms with Crippen LogP contribution in [0.25, 0.3) is 0 Å². The van der Waals surface area contributed by atoms with E-state index in [0.29, 0.717) is 18.5 Å². The van der Waals surface area contributed by atoms with E-state index in [4.69, 9.17) is 5.73 Å². The minimum atomic E-state index is -3.53. The SMILES string of the molecule is Cn1nccc1CCNS(=O)(=O)c1ccccc1CN. The van der Waals surface area contributed by atoms with Crippen LogP contribution in [0, 0.1) is 0 Å². The first kappa shape index (κ1) is 14.7. The van der Waals surface area contributed by atoms with Crippen molar-refractivity contribution in [2.45, 2.75) is 17.9 Å². The molecule has 1 heterocycles. The van der Waals surface area contributed by atoms with Crippen LogP contribution in [0.5, 0.6) is 0 Å². The van der Waals surface area contributed by atoms with Crippen LogP contribution in [-0.4, -0.2) is 24.7 Å². The molecule has 2 aromatic rings. The summed E-state index contributed by atoms with van der Waals surface area (Å²) in [4.78, 5) is 0.243. The number of nitrogens with one attached hydrogen (secondary N) is 1. The number of aromatic nitrogens is 2. The van der Waals surface area contributed by atoms with Gasteiger partial charge in [-0.3, -0.25) is 4.68 Å². The zero-order valence-electron chi connectivity index (χ0n) is 11.3. The van der Waals surface area contributed by atoms with Crippen LogP contribution in [0.1, 0.15) is 11.3 Å². The van der Waals surface area contributed by atoms with E-state index in [1.54, 1.807) is 35.1 Å². The fourth-order valence-corrected chi connectivity index (χ4v) is 3.25. The maximum Gasteiger partial charge on any atom is 0.240 e. The highest BCUT2D eigenvalue weighted by molar-refractivity contribution is 7.89. The third-order valence-electron chi connectivity index (χ3n) is 3.08.